The van der Waals surface area contributed by atoms with Gasteiger partial charge in [0.25, 0.3) is 5.91 Å². The minimum Gasteiger partial charge on any atom is -0.473 e. The Hall–Kier alpha value is -4.07. The molecule has 2 aromatic heterocycles. The van der Waals surface area contributed by atoms with Crippen LogP contribution in [0.3, 0.4) is 0 Å². The van der Waals surface area contributed by atoms with Crippen molar-refractivity contribution in [2.24, 2.45) is 0 Å². The molecular weight excluding hydrogens is 556 g/mol. The third-order valence-electron chi connectivity index (χ3n) is 5.57. The lowest BCUT2D eigenvalue weighted by Crippen LogP contribution is -2.18. The van der Waals surface area contributed by atoms with Gasteiger partial charge in [-0.3, -0.25) is 4.79 Å². The van der Waals surface area contributed by atoms with Crippen molar-refractivity contribution < 1.29 is 27.2 Å². The van der Waals surface area contributed by atoms with Gasteiger partial charge in [-0.1, -0.05) is 48.3 Å². The minimum absolute atomic E-state index is 0.0712. The summed E-state index contributed by atoms with van der Waals surface area (Å²) in [7, 11) is 0. The Morgan fingerprint density at radius 1 is 1.10 bits per heavy atom. The van der Waals surface area contributed by atoms with Gasteiger partial charge in [0, 0.05) is 23.1 Å². The predicted molar refractivity (Wildman–Crippen MR) is 139 cm³/mol. The van der Waals surface area contributed by atoms with Gasteiger partial charge < -0.3 is 14.6 Å². The quantitative estimate of drug-likeness (QED) is 0.241. The van der Waals surface area contributed by atoms with Gasteiger partial charge in [-0.2, -0.15) is 18.4 Å². The summed E-state index contributed by atoms with van der Waals surface area (Å²) in [6.07, 6.45) is -4.90. The second kappa shape index (κ2) is 11.4. The van der Waals surface area contributed by atoms with Gasteiger partial charge in [-0.25, -0.2) is 4.98 Å². The number of hydrogen-bond donors (Lipinski definition) is 1. The summed E-state index contributed by atoms with van der Waals surface area (Å²) in [5.41, 5.74) is -0.363. The molecule has 0 spiro atoms. The molecule has 39 heavy (non-hydrogen) atoms. The van der Waals surface area contributed by atoms with E-state index in [4.69, 9.17) is 37.7 Å². The molecule has 0 saturated heterocycles. The fourth-order valence-corrected chi connectivity index (χ4v) is 4.29. The first-order valence-corrected chi connectivity index (χ1v) is 12.2. The highest BCUT2D eigenvalue weighted by Crippen LogP contribution is 2.39. The van der Waals surface area contributed by atoms with Crippen LogP contribution in [0, 0.1) is 11.3 Å². The van der Waals surface area contributed by atoms with Crippen molar-refractivity contribution in [3.05, 3.63) is 92.8 Å². The molecule has 0 aliphatic heterocycles. The van der Waals surface area contributed by atoms with Crippen LogP contribution >= 0.6 is 23.2 Å². The van der Waals surface area contributed by atoms with Gasteiger partial charge in [-0.05, 0) is 42.5 Å². The normalized spacial score (nSPS) is 11.4. The first kappa shape index (κ1) is 28.0. The Morgan fingerprint density at radius 2 is 1.77 bits per heavy atom. The molecular formula is C27H19Cl2F3N4O3. The number of halogens is 5. The first-order valence-electron chi connectivity index (χ1n) is 11.4. The highest BCUT2D eigenvalue weighted by Gasteiger charge is 2.37. The van der Waals surface area contributed by atoms with Crippen molar-refractivity contribution in [3.8, 4) is 23.2 Å². The van der Waals surface area contributed by atoms with Crippen molar-refractivity contribution in [1.82, 2.24) is 10.1 Å². The summed E-state index contributed by atoms with van der Waals surface area (Å²) in [6.45, 7) is 3.47. The van der Waals surface area contributed by atoms with E-state index >= 15 is 0 Å². The molecule has 12 heteroatoms. The van der Waals surface area contributed by atoms with Gasteiger partial charge in [0.1, 0.15) is 18.1 Å². The number of hydrogen-bond acceptors (Lipinski definition) is 6. The number of amides is 1. The minimum atomic E-state index is -4.90. The van der Waals surface area contributed by atoms with Gasteiger partial charge in [0.05, 0.1) is 32.9 Å². The molecule has 0 aliphatic rings. The maximum Gasteiger partial charge on any atom is 0.435 e. The molecule has 0 unspecified atom stereocenters. The van der Waals surface area contributed by atoms with Gasteiger partial charge >= 0.3 is 6.18 Å². The highest BCUT2D eigenvalue weighted by atomic mass is 35.5. The van der Waals surface area contributed by atoms with Crippen LogP contribution in [0.1, 0.15) is 52.7 Å². The van der Waals surface area contributed by atoms with Crippen LogP contribution in [0.25, 0.3) is 11.3 Å². The van der Waals surface area contributed by atoms with Crippen LogP contribution in [-0.2, 0) is 12.8 Å². The molecule has 2 heterocycles. The molecule has 0 aliphatic carbocycles. The SMILES string of the molecule is CC(C)c1onc(-c2c(Cl)cccc2Cl)c1COc1ccc(NC(=O)c2ccc(C#N)cc2)c(C(F)(F)F)n1. The Bertz CT molecular complexity index is 1540. The summed E-state index contributed by atoms with van der Waals surface area (Å²) in [5, 5.41) is 15.8. The predicted octanol–water partition coefficient (Wildman–Crippen LogP) is 7.89. The molecule has 0 atom stereocenters. The maximum absolute atomic E-state index is 13.9. The molecule has 200 valence electrons. The number of carbonyl (C=O) groups is 1. The fraction of sp³-hybridized carbons (Fsp3) is 0.185. The number of nitrogens with zero attached hydrogens (tertiary/aromatic N) is 3. The number of alkyl halides is 3. The summed E-state index contributed by atoms with van der Waals surface area (Å²) in [6, 6.07) is 14.5. The standard InChI is InChI=1S/C27H19Cl2F3N4O3/c1-14(2)24-17(23(36-39-24)22-18(28)4-3-5-19(22)29)13-38-21-11-10-20(25(35-21)27(30,31)32)34-26(37)16-8-6-15(12-33)7-9-16/h3-11,14H,13H2,1-2H3,(H,34,37). The lowest BCUT2D eigenvalue weighted by atomic mass is 10.0. The van der Waals surface area contributed by atoms with Crippen molar-refractivity contribution >= 4 is 34.8 Å². The van der Waals surface area contributed by atoms with E-state index in [1.807, 2.05) is 19.9 Å². The number of aromatic nitrogens is 2. The topological polar surface area (TPSA) is 101 Å². The van der Waals surface area contributed by atoms with Crippen molar-refractivity contribution in [2.45, 2.75) is 32.5 Å². The van der Waals surface area contributed by atoms with E-state index in [0.29, 0.717) is 38.2 Å². The molecule has 0 radical (unpaired) electrons. The fourth-order valence-electron chi connectivity index (χ4n) is 3.71. The van der Waals surface area contributed by atoms with Gasteiger partial charge in [0.2, 0.25) is 5.88 Å². The number of rotatable bonds is 7. The summed E-state index contributed by atoms with van der Waals surface area (Å²) in [5.74, 6) is -0.827. The number of benzene rings is 2. The monoisotopic (exact) mass is 574 g/mol. The molecule has 7 nitrogen and oxygen atoms in total. The Morgan fingerprint density at radius 3 is 2.36 bits per heavy atom. The van der Waals surface area contributed by atoms with Crippen LogP contribution in [-0.4, -0.2) is 16.0 Å². The van der Waals surface area contributed by atoms with Gasteiger partial charge in [0.15, 0.2) is 5.69 Å². The van der Waals surface area contributed by atoms with E-state index in [1.165, 1.54) is 30.3 Å². The molecule has 0 saturated carbocycles. The first-order chi connectivity index (χ1) is 18.5. The zero-order chi connectivity index (χ0) is 28.3. The average Bonchev–Trinajstić information content (AvgIpc) is 3.31. The zero-order valence-electron chi connectivity index (χ0n) is 20.4. The van der Waals surface area contributed by atoms with E-state index in [2.05, 4.69) is 15.5 Å². The summed E-state index contributed by atoms with van der Waals surface area (Å²) < 4.78 is 52.8. The van der Waals surface area contributed by atoms with E-state index < -0.39 is 23.5 Å². The van der Waals surface area contributed by atoms with Crippen molar-refractivity contribution in [1.29, 1.82) is 5.26 Å². The largest absolute Gasteiger partial charge is 0.473 e. The summed E-state index contributed by atoms with van der Waals surface area (Å²) in [4.78, 5) is 16.1. The Labute approximate surface area is 231 Å². The number of nitriles is 1. The van der Waals surface area contributed by atoms with Crippen LogP contribution in [0.2, 0.25) is 10.0 Å². The smallest absolute Gasteiger partial charge is 0.435 e. The molecule has 1 amide bonds. The van der Waals surface area contributed by atoms with E-state index in [1.54, 1.807) is 18.2 Å². The molecule has 4 aromatic rings. The maximum atomic E-state index is 13.9. The molecule has 2 aromatic carbocycles. The second-order valence-corrected chi connectivity index (χ2v) is 9.42. The van der Waals surface area contributed by atoms with Crippen molar-refractivity contribution in [3.63, 3.8) is 0 Å². The highest BCUT2D eigenvalue weighted by molar-refractivity contribution is 6.39. The van der Waals surface area contributed by atoms with Crippen molar-refractivity contribution in [2.75, 3.05) is 5.32 Å². The number of nitrogens with one attached hydrogen (secondary N) is 1. The average molecular weight is 575 g/mol. The molecule has 0 bridgehead atoms. The third-order valence-corrected chi connectivity index (χ3v) is 6.20. The molecule has 1 N–H and O–H groups in total. The molecule has 4 rings (SSSR count). The van der Waals surface area contributed by atoms with Crippen LogP contribution < -0.4 is 10.1 Å². The number of ether oxygens (including phenoxy) is 1. The number of carbonyl (C=O) groups excluding carboxylic acids is 1. The Balaban J connectivity index is 1.63. The van der Waals surface area contributed by atoms with E-state index in [0.717, 1.165) is 6.07 Å². The second-order valence-electron chi connectivity index (χ2n) is 8.60. The van der Waals surface area contributed by atoms with Crippen LogP contribution in [0.4, 0.5) is 18.9 Å². The lowest BCUT2D eigenvalue weighted by Gasteiger charge is -2.15. The lowest BCUT2D eigenvalue weighted by molar-refractivity contribution is -0.140. The molecule has 0 fully saturated rings. The zero-order valence-corrected chi connectivity index (χ0v) is 21.9. The van der Waals surface area contributed by atoms with E-state index in [-0.39, 0.29) is 24.0 Å². The van der Waals surface area contributed by atoms with Crippen LogP contribution in [0.15, 0.2) is 59.1 Å². The van der Waals surface area contributed by atoms with Crippen LogP contribution in [0.5, 0.6) is 5.88 Å². The summed E-state index contributed by atoms with van der Waals surface area (Å²) >= 11 is 12.7. The third kappa shape index (κ3) is 6.16. The Kier molecular flexibility index (Phi) is 8.14. The number of pyridine rings is 1. The number of anilines is 1. The van der Waals surface area contributed by atoms with Gasteiger partial charge in [-0.15, -0.1) is 0 Å². The van der Waals surface area contributed by atoms with E-state index in [9.17, 15) is 18.0 Å².